The van der Waals surface area contributed by atoms with Crippen molar-refractivity contribution >= 4 is 11.4 Å². The number of hydrogen-bond donors (Lipinski definition) is 2. The molecule has 7 nitrogen and oxygen atoms in total. The van der Waals surface area contributed by atoms with E-state index in [2.05, 4.69) is 10.4 Å². The van der Waals surface area contributed by atoms with Crippen molar-refractivity contribution < 1.29 is 14.4 Å². The Labute approximate surface area is 113 Å². The third-order valence-electron chi connectivity index (χ3n) is 2.61. The molecule has 0 unspecified atom stereocenters. The van der Waals surface area contributed by atoms with Crippen LogP contribution in [-0.2, 0) is 13.1 Å². The van der Waals surface area contributed by atoms with Crippen LogP contribution in [0.1, 0.15) is 5.56 Å². The summed E-state index contributed by atoms with van der Waals surface area (Å²) >= 11 is 0. The number of aromatic nitrogens is 2. The van der Waals surface area contributed by atoms with E-state index in [1.165, 1.54) is 12.1 Å². The highest BCUT2D eigenvalue weighted by Crippen LogP contribution is 2.20. The van der Waals surface area contributed by atoms with Gasteiger partial charge in [-0.2, -0.15) is 5.10 Å². The van der Waals surface area contributed by atoms with E-state index >= 15 is 0 Å². The maximum absolute atomic E-state index is 13.2. The van der Waals surface area contributed by atoms with Crippen LogP contribution in [0.25, 0.3) is 0 Å². The molecular weight excluding hydrogens is 267 g/mol. The van der Waals surface area contributed by atoms with Crippen LogP contribution in [0.3, 0.4) is 0 Å². The van der Waals surface area contributed by atoms with E-state index in [1.807, 2.05) is 0 Å². The van der Waals surface area contributed by atoms with E-state index in [4.69, 9.17) is 5.11 Å². The third kappa shape index (κ3) is 3.51. The number of nitrogens with one attached hydrogen (secondary N) is 1. The summed E-state index contributed by atoms with van der Waals surface area (Å²) in [5, 5.41) is 26.3. The number of aliphatic hydroxyl groups is 1. The lowest BCUT2D eigenvalue weighted by molar-refractivity contribution is -0.385. The van der Waals surface area contributed by atoms with Gasteiger partial charge in [0.25, 0.3) is 5.69 Å². The van der Waals surface area contributed by atoms with Crippen molar-refractivity contribution in [3.05, 3.63) is 52.1 Å². The summed E-state index contributed by atoms with van der Waals surface area (Å²) < 4.78 is 14.8. The predicted molar refractivity (Wildman–Crippen MR) is 69.7 cm³/mol. The Kier molecular flexibility index (Phi) is 4.26. The maximum atomic E-state index is 13.2. The van der Waals surface area contributed by atoms with Crippen molar-refractivity contribution in [3.63, 3.8) is 0 Å². The number of rotatable bonds is 6. The minimum atomic E-state index is -0.669. The summed E-state index contributed by atoms with van der Waals surface area (Å²) in [5.74, 6) is -0.669. The van der Waals surface area contributed by atoms with Crippen molar-refractivity contribution in [2.24, 2.45) is 0 Å². The lowest BCUT2D eigenvalue weighted by atomic mass is 10.2. The number of nitro benzene ring substituents is 1. The normalized spacial score (nSPS) is 10.5. The number of aliphatic hydroxyl groups excluding tert-OH is 1. The van der Waals surface area contributed by atoms with Gasteiger partial charge in [-0.3, -0.25) is 14.8 Å². The number of nitrogens with zero attached hydrogens (tertiary/aromatic N) is 3. The fraction of sp³-hybridized carbons (Fsp3) is 0.250. The number of halogens is 1. The second-order valence-electron chi connectivity index (χ2n) is 4.14. The van der Waals surface area contributed by atoms with Gasteiger partial charge in [-0.25, -0.2) is 4.39 Å². The Hall–Kier alpha value is -2.48. The van der Waals surface area contributed by atoms with Gasteiger partial charge in [0, 0.05) is 30.1 Å². The molecule has 0 aliphatic carbocycles. The van der Waals surface area contributed by atoms with Crippen LogP contribution < -0.4 is 5.32 Å². The van der Waals surface area contributed by atoms with E-state index in [9.17, 15) is 14.5 Å². The molecule has 8 heteroatoms. The van der Waals surface area contributed by atoms with Gasteiger partial charge in [-0.15, -0.1) is 0 Å². The first-order chi connectivity index (χ1) is 9.58. The lowest BCUT2D eigenvalue weighted by Gasteiger charge is -2.04. The molecule has 2 aromatic rings. The van der Waals surface area contributed by atoms with Crippen LogP contribution in [0.15, 0.2) is 30.6 Å². The molecule has 0 aliphatic rings. The van der Waals surface area contributed by atoms with Crippen LogP contribution in [0.4, 0.5) is 15.8 Å². The highest BCUT2D eigenvalue weighted by atomic mass is 19.1. The first-order valence-corrected chi connectivity index (χ1v) is 5.89. The highest BCUT2D eigenvalue weighted by Gasteiger charge is 2.09. The second-order valence-corrected chi connectivity index (χ2v) is 4.14. The first kappa shape index (κ1) is 13.9. The van der Waals surface area contributed by atoms with Crippen molar-refractivity contribution in [2.45, 2.75) is 13.1 Å². The number of benzene rings is 1. The summed E-state index contributed by atoms with van der Waals surface area (Å²) in [4.78, 5) is 9.98. The predicted octanol–water partition coefficient (Wildman–Crippen LogP) is 1.53. The standard InChI is InChI=1S/C12H13FN4O3/c13-10-3-11(5-12(4-10)17(19)20)14-6-9-7-15-16(8-9)1-2-18/h3-5,7-8,14,18H,1-2,6H2. The maximum Gasteiger partial charge on any atom is 0.274 e. The minimum absolute atomic E-state index is 0.00929. The molecule has 0 fully saturated rings. The van der Waals surface area contributed by atoms with Crippen LogP contribution in [0, 0.1) is 15.9 Å². The molecule has 20 heavy (non-hydrogen) atoms. The molecule has 106 valence electrons. The first-order valence-electron chi connectivity index (χ1n) is 5.89. The molecule has 2 rings (SSSR count). The van der Waals surface area contributed by atoms with E-state index < -0.39 is 10.7 Å². The Morgan fingerprint density at radius 3 is 2.95 bits per heavy atom. The van der Waals surface area contributed by atoms with E-state index in [1.54, 1.807) is 17.1 Å². The fourth-order valence-corrected chi connectivity index (χ4v) is 1.71. The zero-order valence-electron chi connectivity index (χ0n) is 10.5. The molecule has 1 aromatic carbocycles. The molecule has 0 bridgehead atoms. The van der Waals surface area contributed by atoms with Crippen LogP contribution >= 0.6 is 0 Å². The summed E-state index contributed by atoms with van der Waals surface area (Å²) in [7, 11) is 0. The van der Waals surface area contributed by atoms with Crippen molar-refractivity contribution in [2.75, 3.05) is 11.9 Å². The van der Waals surface area contributed by atoms with Crippen molar-refractivity contribution in [3.8, 4) is 0 Å². The average Bonchev–Trinajstić information content (AvgIpc) is 2.84. The zero-order valence-corrected chi connectivity index (χ0v) is 10.5. The van der Waals surface area contributed by atoms with Gasteiger partial charge in [-0.1, -0.05) is 0 Å². The fourth-order valence-electron chi connectivity index (χ4n) is 1.71. The molecule has 0 spiro atoms. The number of nitro groups is 1. The smallest absolute Gasteiger partial charge is 0.274 e. The molecule has 1 heterocycles. The second kappa shape index (κ2) is 6.11. The van der Waals surface area contributed by atoms with Gasteiger partial charge in [0.2, 0.25) is 0 Å². The van der Waals surface area contributed by atoms with E-state index in [-0.39, 0.29) is 12.3 Å². The van der Waals surface area contributed by atoms with Crippen molar-refractivity contribution in [1.29, 1.82) is 0 Å². The molecule has 0 radical (unpaired) electrons. The molecule has 1 aromatic heterocycles. The highest BCUT2D eigenvalue weighted by molar-refractivity contribution is 5.51. The molecule has 0 aliphatic heterocycles. The van der Waals surface area contributed by atoms with Gasteiger partial charge < -0.3 is 10.4 Å². The molecular formula is C12H13FN4O3. The summed E-state index contributed by atoms with van der Waals surface area (Å²) in [6.07, 6.45) is 3.34. The van der Waals surface area contributed by atoms with Gasteiger partial charge >= 0.3 is 0 Å². The Bertz CT molecular complexity index is 614. The summed E-state index contributed by atoms with van der Waals surface area (Å²) in [6, 6.07) is 3.32. The number of anilines is 1. The topological polar surface area (TPSA) is 93.2 Å². The summed E-state index contributed by atoms with van der Waals surface area (Å²) in [6.45, 7) is 0.738. The van der Waals surface area contributed by atoms with Gasteiger partial charge in [-0.05, 0) is 6.07 Å². The van der Waals surface area contributed by atoms with Crippen LogP contribution in [0.5, 0.6) is 0 Å². The molecule has 0 amide bonds. The monoisotopic (exact) mass is 280 g/mol. The minimum Gasteiger partial charge on any atom is -0.394 e. The average molecular weight is 280 g/mol. The van der Waals surface area contributed by atoms with E-state index in [0.717, 1.165) is 11.6 Å². The Balaban J connectivity index is 2.04. The molecule has 0 saturated carbocycles. The summed E-state index contributed by atoms with van der Waals surface area (Å²) in [5.41, 5.74) is 0.848. The molecule has 0 atom stereocenters. The van der Waals surface area contributed by atoms with Gasteiger partial charge in [0.05, 0.1) is 30.3 Å². The third-order valence-corrected chi connectivity index (χ3v) is 2.61. The Morgan fingerprint density at radius 2 is 2.25 bits per heavy atom. The SMILES string of the molecule is O=[N+]([O-])c1cc(F)cc(NCc2cnn(CCO)c2)c1. The zero-order chi connectivity index (χ0) is 14.5. The van der Waals surface area contributed by atoms with E-state index in [0.29, 0.717) is 18.8 Å². The van der Waals surface area contributed by atoms with Crippen LogP contribution in [0.2, 0.25) is 0 Å². The Morgan fingerprint density at radius 1 is 1.45 bits per heavy atom. The van der Waals surface area contributed by atoms with Crippen molar-refractivity contribution in [1.82, 2.24) is 9.78 Å². The largest absolute Gasteiger partial charge is 0.394 e. The number of non-ortho nitro benzene ring substituents is 1. The van der Waals surface area contributed by atoms with Crippen LogP contribution in [-0.4, -0.2) is 26.4 Å². The molecule has 2 N–H and O–H groups in total. The molecule has 0 saturated heterocycles. The van der Waals surface area contributed by atoms with Gasteiger partial charge in [0.1, 0.15) is 5.82 Å². The van der Waals surface area contributed by atoms with Gasteiger partial charge in [0.15, 0.2) is 0 Å². The lowest BCUT2D eigenvalue weighted by Crippen LogP contribution is -2.02. The quantitative estimate of drug-likeness (QED) is 0.618. The number of hydrogen-bond acceptors (Lipinski definition) is 5.